The van der Waals surface area contributed by atoms with Gasteiger partial charge >= 0.3 is 0 Å². The average molecular weight is 481 g/mol. The maximum absolute atomic E-state index is 6.33. The van der Waals surface area contributed by atoms with Gasteiger partial charge in [0.25, 0.3) is 0 Å². The van der Waals surface area contributed by atoms with Crippen LogP contribution >= 0.6 is 15.9 Å². The fraction of sp³-hybridized carbons (Fsp3) is 0.583. The van der Waals surface area contributed by atoms with Gasteiger partial charge in [0.05, 0.1) is 4.48 Å². The summed E-state index contributed by atoms with van der Waals surface area (Å²) >= 11 is 3.58. The highest BCUT2D eigenvalue weighted by Crippen LogP contribution is 2.27. The molecule has 0 aliphatic heterocycles. The molecule has 1 unspecified atom stereocenters. The molecule has 0 amide bonds. The molecule has 0 bridgehead atoms. The summed E-state index contributed by atoms with van der Waals surface area (Å²) in [4.78, 5) is 0. The van der Waals surface area contributed by atoms with Crippen molar-refractivity contribution in [2.45, 2.75) is 60.3 Å². The molecule has 0 aromatic rings. The third-order valence-electron chi connectivity index (χ3n) is 5.61. The summed E-state index contributed by atoms with van der Waals surface area (Å²) < 4.78 is 0.837. The molecule has 1 aliphatic rings. The number of allylic oxidation sites excluding steroid dienone is 6. The zero-order chi connectivity index (χ0) is 22.7. The van der Waals surface area contributed by atoms with E-state index in [0.29, 0.717) is 5.92 Å². The molecule has 0 aromatic carbocycles. The molecule has 0 saturated carbocycles. The van der Waals surface area contributed by atoms with Crippen molar-refractivity contribution >= 4 is 15.9 Å². The summed E-state index contributed by atoms with van der Waals surface area (Å²) in [6.45, 7) is 12.7. The van der Waals surface area contributed by atoms with Crippen molar-refractivity contribution in [1.29, 1.82) is 0 Å². The molecule has 1 atom stereocenters. The summed E-state index contributed by atoms with van der Waals surface area (Å²) in [6, 6.07) is 0. The maximum Gasteiger partial charge on any atom is 0.0561 e. The normalized spacial score (nSPS) is 18.7. The number of hydrazine groups is 1. The van der Waals surface area contributed by atoms with E-state index in [1.54, 1.807) is 6.20 Å². The Morgan fingerprint density at radius 3 is 2.60 bits per heavy atom. The summed E-state index contributed by atoms with van der Waals surface area (Å²) in [6.07, 6.45) is 14.5. The van der Waals surface area contributed by atoms with Crippen molar-refractivity contribution in [1.82, 2.24) is 15.6 Å². The van der Waals surface area contributed by atoms with Gasteiger partial charge in [-0.2, -0.15) is 0 Å². The molecule has 6 N–H and O–H groups in total. The third-order valence-corrected chi connectivity index (χ3v) is 6.30. The first-order valence-electron chi connectivity index (χ1n) is 11.0. The van der Waals surface area contributed by atoms with Crippen LogP contribution in [0.5, 0.6) is 0 Å². The molecule has 5 nitrogen and oxygen atoms in total. The van der Waals surface area contributed by atoms with E-state index in [9.17, 15) is 0 Å². The second-order valence-corrected chi connectivity index (χ2v) is 9.56. The van der Waals surface area contributed by atoms with Gasteiger partial charge in [0.2, 0.25) is 0 Å². The molecule has 0 spiro atoms. The predicted molar refractivity (Wildman–Crippen MR) is 134 cm³/mol. The van der Waals surface area contributed by atoms with Crippen molar-refractivity contribution in [3.05, 3.63) is 57.7 Å². The smallest absolute Gasteiger partial charge is 0.0561 e. The van der Waals surface area contributed by atoms with Crippen LogP contribution in [0.1, 0.15) is 60.3 Å². The molecular weight excluding hydrogens is 438 g/mol. The molecule has 0 saturated heterocycles. The quantitative estimate of drug-likeness (QED) is 0.179. The molecule has 0 heterocycles. The molecule has 30 heavy (non-hydrogen) atoms. The van der Waals surface area contributed by atoms with Crippen LogP contribution in [0.4, 0.5) is 0 Å². The number of halogens is 1. The minimum atomic E-state index is 0.184. The Labute approximate surface area is 192 Å². The minimum absolute atomic E-state index is 0.184. The standard InChI is InChI=1S/C24H42BrN5/c1-7-14-24(4,5)17-30(27)18(3)12-13-23(21(25)15-26)29-16-19-10-9-11-22(28-6)20(19)8-2/h9,11-13,15,19,28-29H,7-8,10,14,16-17,26-27H2,1-6H3/b18-12+,21-15-,23-13+. The van der Waals surface area contributed by atoms with Crippen molar-refractivity contribution in [3.8, 4) is 0 Å². The van der Waals surface area contributed by atoms with Crippen molar-refractivity contribution < 1.29 is 0 Å². The Morgan fingerprint density at radius 2 is 2.03 bits per heavy atom. The Kier molecular flexibility index (Phi) is 11.3. The van der Waals surface area contributed by atoms with Crippen molar-refractivity contribution in [2.24, 2.45) is 22.9 Å². The van der Waals surface area contributed by atoms with E-state index in [1.807, 2.05) is 31.1 Å². The van der Waals surface area contributed by atoms with Crippen LogP contribution in [0.2, 0.25) is 0 Å². The van der Waals surface area contributed by atoms with Crippen LogP contribution in [0.25, 0.3) is 0 Å². The Morgan fingerprint density at radius 1 is 1.33 bits per heavy atom. The van der Waals surface area contributed by atoms with Gasteiger partial charge in [-0.1, -0.05) is 40.2 Å². The number of rotatable bonds is 12. The van der Waals surface area contributed by atoms with E-state index in [-0.39, 0.29) is 5.41 Å². The lowest BCUT2D eigenvalue weighted by Gasteiger charge is -2.31. The SMILES string of the molecule is CCCC(C)(C)CN(N)/C(C)=C/C=C(NCC1CC=CC(NC)=C1CC)\C(Br)=C\N. The van der Waals surface area contributed by atoms with E-state index in [0.717, 1.165) is 54.6 Å². The second-order valence-electron chi connectivity index (χ2n) is 8.70. The van der Waals surface area contributed by atoms with Crippen molar-refractivity contribution in [2.75, 3.05) is 20.1 Å². The first-order chi connectivity index (χ1) is 14.2. The van der Waals surface area contributed by atoms with Gasteiger partial charge in [-0.15, -0.1) is 0 Å². The molecule has 6 heteroatoms. The van der Waals surface area contributed by atoms with Gasteiger partial charge in [-0.05, 0) is 71.3 Å². The first-order valence-corrected chi connectivity index (χ1v) is 11.8. The Bertz CT molecular complexity index is 700. The van der Waals surface area contributed by atoms with Crippen molar-refractivity contribution in [3.63, 3.8) is 0 Å². The van der Waals surface area contributed by atoms with Gasteiger partial charge in [-0.3, -0.25) is 0 Å². The molecule has 1 rings (SSSR count). The zero-order valence-electron chi connectivity index (χ0n) is 19.7. The summed E-state index contributed by atoms with van der Waals surface area (Å²) in [5, 5.41) is 8.74. The van der Waals surface area contributed by atoms with E-state index >= 15 is 0 Å². The van der Waals surface area contributed by atoms with Crippen LogP contribution in [0.3, 0.4) is 0 Å². The van der Waals surface area contributed by atoms with Crippen LogP contribution in [0.15, 0.2) is 57.7 Å². The lowest BCUT2D eigenvalue weighted by molar-refractivity contribution is 0.206. The van der Waals surface area contributed by atoms with E-state index < -0.39 is 0 Å². The number of nitrogens with one attached hydrogen (secondary N) is 2. The summed E-state index contributed by atoms with van der Waals surface area (Å²) in [7, 11) is 1.98. The molecule has 170 valence electrons. The monoisotopic (exact) mass is 479 g/mol. The molecule has 0 aromatic heterocycles. The first kappa shape index (κ1) is 26.4. The predicted octanol–water partition coefficient (Wildman–Crippen LogP) is 5.02. The number of nitrogens with zero attached hydrogens (tertiary/aromatic N) is 1. The van der Waals surface area contributed by atoms with Crippen LogP contribution < -0.4 is 22.2 Å². The highest BCUT2D eigenvalue weighted by atomic mass is 79.9. The third kappa shape index (κ3) is 8.23. The second kappa shape index (κ2) is 12.9. The highest BCUT2D eigenvalue weighted by molar-refractivity contribution is 9.12. The minimum Gasteiger partial charge on any atom is -0.404 e. The molecule has 0 fully saturated rings. The lowest BCUT2D eigenvalue weighted by atomic mass is 9.87. The number of nitrogens with two attached hydrogens (primary N) is 2. The summed E-state index contributed by atoms with van der Waals surface area (Å²) in [5.74, 6) is 6.78. The zero-order valence-corrected chi connectivity index (χ0v) is 21.3. The highest BCUT2D eigenvalue weighted by Gasteiger charge is 2.20. The van der Waals surface area contributed by atoms with E-state index in [4.69, 9.17) is 11.6 Å². The average Bonchev–Trinajstić information content (AvgIpc) is 2.71. The van der Waals surface area contributed by atoms with Gasteiger partial charge in [0, 0.05) is 49.3 Å². The topological polar surface area (TPSA) is 79.3 Å². The van der Waals surface area contributed by atoms with Crippen LogP contribution in [-0.4, -0.2) is 25.1 Å². The lowest BCUT2D eigenvalue weighted by Crippen LogP contribution is -2.38. The molecule has 0 radical (unpaired) electrons. The Balaban J connectivity index is 2.92. The van der Waals surface area contributed by atoms with E-state index in [1.165, 1.54) is 11.3 Å². The number of hydrogen-bond acceptors (Lipinski definition) is 5. The van der Waals surface area contributed by atoms with E-state index in [2.05, 4.69) is 66.4 Å². The molecule has 1 aliphatic carbocycles. The summed E-state index contributed by atoms with van der Waals surface area (Å²) in [5.41, 5.74) is 10.6. The fourth-order valence-corrected chi connectivity index (χ4v) is 4.21. The van der Waals surface area contributed by atoms with Gasteiger partial charge in [0.15, 0.2) is 0 Å². The maximum atomic E-state index is 6.33. The van der Waals surface area contributed by atoms with Gasteiger partial charge in [0.1, 0.15) is 0 Å². The van der Waals surface area contributed by atoms with Crippen LogP contribution in [0, 0.1) is 11.3 Å². The van der Waals surface area contributed by atoms with Crippen LogP contribution in [-0.2, 0) is 0 Å². The number of likely N-dealkylation sites (N-methyl/N-ethyl adjacent to an activating group) is 1. The fourth-order valence-electron chi connectivity index (χ4n) is 3.94. The van der Waals surface area contributed by atoms with Gasteiger partial charge in [-0.25, -0.2) is 5.84 Å². The Hall–Kier alpha value is -1.66. The molecular formula is C24H42BrN5. The van der Waals surface area contributed by atoms with Gasteiger partial charge < -0.3 is 21.4 Å². The largest absolute Gasteiger partial charge is 0.404 e. The number of hydrogen-bond donors (Lipinski definition) is 4.